The summed E-state index contributed by atoms with van der Waals surface area (Å²) in [6.45, 7) is 8.19. The predicted molar refractivity (Wildman–Crippen MR) is 128 cm³/mol. The number of amides is 3. The van der Waals surface area contributed by atoms with Crippen molar-refractivity contribution in [1.82, 2.24) is 10.3 Å². The molecule has 6 nitrogen and oxygen atoms in total. The average Bonchev–Trinajstić information content (AvgIpc) is 3.06. The Morgan fingerprint density at radius 3 is 2.29 bits per heavy atom. The van der Waals surface area contributed by atoms with Crippen molar-refractivity contribution >= 4 is 45.7 Å². The van der Waals surface area contributed by atoms with Crippen LogP contribution in [-0.2, 0) is 6.42 Å². The number of nitrogens with zero attached hydrogens (tertiary/aromatic N) is 1. The van der Waals surface area contributed by atoms with Crippen LogP contribution in [-0.4, -0.2) is 23.5 Å². The molecule has 0 spiro atoms. The summed E-state index contributed by atoms with van der Waals surface area (Å²) in [5, 5.41) is 9.54. The Balaban J connectivity index is 1.58. The van der Waals surface area contributed by atoms with Gasteiger partial charge in [0.1, 0.15) is 4.88 Å². The fraction of sp³-hybridized carbons (Fsp3) is 0.261. The maximum atomic E-state index is 12.8. The zero-order valence-electron chi connectivity index (χ0n) is 17.9. The van der Waals surface area contributed by atoms with Gasteiger partial charge in [-0.15, -0.1) is 0 Å². The summed E-state index contributed by atoms with van der Waals surface area (Å²) in [4.78, 5) is 29.8. The molecule has 0 aliphatic heterocycles. The Kier molecular flexibility index (Phi) is 7.30. The topological polar surface area (TPSA) is 83.1 Å². The van der Waals surface area contributed by atoms with Crippen LogP contribution in [0, 0.1) is 27.7 Å². The molecule has 3 amide bonds. The molecule has 0 unspecified atom stereocenters. The monoisotopic (exact) mass is 456 g/mol. The fourth-order valence-electron chi connectivity index (χ4n) is 3.32. The third-order valence-electron chi connectivity index (χ3n) is 4.75. The molecule has 0 aliphatic rings. The van der Waals surface area contributed by atoms with E-state index in [-0.39, 0.29) is 11.9 Å². The Morgan fingerprint density at radius 2 is 1.65 bits per heavy atom. The van der Waals surface area contributed by atoms with Crippen LogP contribution < -0.4 is 16.0 Å². The van der Waals surface area contributed by atoms with E-state index in [9.17, 15) is 9.59 Å². The highest BCUT2D eigenvalue weighted by atomic mass is 35.5. The first-order chi connectivity index (χ1) is 14.7. The largest absolute Gasteiger partial charge is 0.337 e. The summed E-state index contributed by atoms with van der Waals surface area (Å²) < 4.78 is 0. The predicted octanol–water partition coefficient (Wildman–Crippen LogP) is 5.65. The number of urea groups is 1. The van der Waals surface area contributed by atoms with Crippen LogP contribution in [0.4, 0.5) is 15.6 Å². The summed E-state index contributed by atoms with van der Waals surface area (Å²) in [6.07, 6.45) is 0.685. The summed E-state index contributed by atoms with van der Waals surface area (Å²) in [7, 11) is 0. The average molecular weight is 457 g/mol. The van der Waals surface area contributed by atoms with E-state index >= 15 is 0 Å². The molecule has 2 aromatic carbocycles. The first-order valence-electron chi connectivity index (χ1n) is 9.89. The third-order valence-corrected chi connectivity index (χ3v) is 6.07. The third kappa shape index (κ3) is 6.06. The van der Waals surface area contributed by atoms with Crippen LogP contribution in [0.3, 0.4) is 0 Å². The van der Waals surface area contributed by atoms with Crippen molar-refractivity contribution in [2.45, 2.75) is 34.1 Å². The Bertz CT molecular complexity index is 1090. The first kappa shape index (κ1) is 22.8. The number of aryl methyl sites for hydroxylation is 4. The van der Waals surface area contributed by atoms with E-state index in [2.05, 4.69) is 20.9 Å². The lowest BCUT2D eigenvalue weighted by Gasteiger charge is -2.12. The molecule has 0 radical (unpaired) electrons. The molecular formula is C23H25ClN4O2S. The molecule has 1 heterocycles. The van der Waals surface area contributed by atoms with Gasteiger partial charge in [0, 0.05) is 17.3 Å². The van der Waals surface area contributed by atoms with Crippen LogP contribution in [0.1, 0.15) is 37.6 Å². The van der Waals surface area contributed by atoms with Gasteiger partial charge >= 0.3 is 6.03 Å². The molecule has 162 valence electrons. The second-order valence-corrected chi connectivity index (χ2v) is 8.85. The number of aromatic nitrogens is 1. The van der Waals surface area contributed by atoms with Gasteiger partial charge in [-0.25, -0.2) is 9.78 Å². The zero-order valence-corrected chi connectivity index (χ0v) is 19.5. The van der Waals surface area contributed by atoms with E-state index in [1.54, 1.807) is 6.92 Å². The van der Waals surface area contributed by atoms with Gasteiger partial charge in [-0.2, -0.15) is 0 Å². The van der Waals surface area contributed by atoms with Crippen LogP contribution in [0.5, 0.6) is 0 Å². The maximum absolute atomic E-state index is 12.8. The summed E-state index contributed by atoms with van der Waals surface area (Å²) >= 11 is 7.03. The van der Waals surface area contributed by atoms with Gasteiger partial charge in [0.15, 0.2) is 5.13 Å². The number of hydrogen-bond acceptors (Lipinski definition) is 4. The van der Waals surface area contributed by atoms with Gasteiger partial charge in [0.05, 0.1) is 5.69 Å². The minimum absolute atomic E-state index is 0.235. The van der Waals surface area contributed by atoms with Gasteiger partial charge < -0.3 is 10.6 Å². The number of rotatable bonds is 6. The highest BCUT2D eigenvalue weighted by Crippen LogP contribution is 2.26. The van der Waals surface area contributed by atoms with Crippen LogP contribution in [0.25, 0.3) is 0 Å². The van der Waals surface area contributed by atoms with E-state index < -0.39 is 0 Å². The van der Waals surface area contributed by atoms with Crippen LogP contribution >= 0.6 is 22.9 Å². The molecule has 1 aromatic heterocycles. The number of nitrogens with one attached hydrogen (secondary N) is 3. The molecule has 31 heavy (non-hydrogen) atoms. The lowest BCUT2D eigenvalue weighted by atomic mass is 10.1. The minimum atomic E-state index is -0.361. The van der Waals surface area contributed by atoms with Crippen LogP contribution in [0.15, 0.2) is 36.4 Å². The van der Waals surface area contributed by atoms with Crippen molar-refractivity contribution in [3.05, 3.63) is 74.2 Å². The lowest BCUT2D eigenvalue weighted by molar-refractivity contribution is 0.102. The quantitative estimate of drug-likeness (QED) is 0.448. The summed E-state index contributed by atoms with van der Waals surface area (Å²) in [5.74, 6) is -0.235. The number of hydrogen-bond donors (Lipinski definition) is 3. The lowest BCUT2D eigenvalue weighted by Crippen LogP contribution is -2.30. The minimum Gasteiger partial charge on any atom is -0.337 e. The van der Waals surface area contributed by atoms with E-state index in [0.717, 1.165) is 39.3 Å². The molecule has 8 heteroatoms. The summed E-state index contributed by atoms with van der Waals surface area (Å²) in [6, 6.07) is 11.2. The highest BCUT2D eigenvalue weighted by molar-refractivity contribution is 7.17. The number of carbonyl (C=O) groups is 2. The number of halogens is 1. The van der Waals surface area contributed by atoms with Gasteiger partial charge in [-0.1, -0.05) is 52.8 Å². The normalized spacial score (nSPS) is 10.6. The van der Waals surface area contributed by atoms with Crippen molar-refractivity contribution in [1.29, 1.82) is 0 Å². The molecule has 3 aromatic rings. The van der Waals surface area contributed by atoms with Crippen molar-refractivity contribution in [3.63, 3.8) is 0 Å². The second kappa shape index (κ2) is 9.94. The summed E-state index contributed by atoms with van der Waals surface area (Å²) in [5.41, 5.74) is 5.61. The Hall–Kier alpha value is -2.90. The van der Waals surface area contributed by atoms with Gasteiger partial charge in [-0.3, -0.25) is 10.1 Å². The number of carbonyl (C=O) groups excluding carboxylic acids is 2. The molecule has 3 N–H and O–H groups in total. The zero-order chi connectivity index (χ0) is 22.5. The smallest absolute Gasteiger partial charge is 0.321 e. The molecule has 0 bridgehead atoms. The molecule has 3 rings (SSSR count). The fourth-order valence-corrected chi connectivity index (χ4v) is 4.30. The van der Waals surface area contributed by atoms with Crippen molar-refractivity contribution in [2.24, 2.45) is 0 Å². The van der Waals surface area contributed by atoms with Crippen molar-refractivity contribution < 1.29 is 9.59 Å². The first-order valence-corrected chi connectivity index (χ1v) is 11.1. The van der Waals surface area contributed by atoms with Crippen molar-refractivity contribution in [3.8, 4) is 0 Å². The Labute approximate surface area is 191 Å². The molecule has 0 saturated heterocycles. The van der Waals surface area contributed by atoms with Crippen LogP contribution in [0.2, 0.25) is 5.02 Å². The van der Waals surface area contributed by atoms with E-state index in [1.807, 2.05) is 57.2 Å². The molecule has 0 fully saturated rings. The highest BCUT2D eigenvalue weighted by Gasteiger charge is 2.18. The molecule has 0 atom stereocenters. The van der Waals surface area contributed by atoms with E-state index in [4.69, 9.17) is 11.6 Å². The van der Waals surface area contributed by atoms with Crippen molar-refractivity contribution in [2.75, 3.05) is 17.2 Å². The molecular weight excluding hydrogens is 432 g/mol. The van der Waals surface area contributed by atoms with Gasteiger partial charge in [-0.05, 0) is 62.9 Å². The SMILES string of the molecule is Cc1cc(C)c(NC(=O)c2sc(NC(=O)NCCc3ccc(Cl)cc3)nc2C)c(C)c1. The maximum Gasteiger partial charge on any atom is 0.321 e. The van der Waals surface area contributed by atoms with E-state index in [1.165, 1.54) is 0 Å². The number of thiazole rings is 1. The Morgan fingerprint density at radius 1 is 1.00 bits per heavy atom. The van der Waals surface area contributed by atoms with Gasteiger partial charge in [0.2, 0.25) is 0 Å². The number of benzene rings is 2. The van der Waals surface area contributed by atoms with Gasteiger partial charge in [0.25, 0.3) is 5.91 Å². The number of anilines is 2. The van der Waals surface area contributed by atoms with E-state index in [0.29, 0.717) is 33.7 Å². The standard InChI is InChI=1S/C23H25ClN4O2S/c1-13-11-14(2)19(15(3)12-13)27-21(29)20-16(4)26-23(31-20)28-22(30)25-10-9-17-5-7-18(24)8-6-17/h5-8,11-12H,9-10H2,1-4H3,(H,27,29)(H2,25,26,28,30). The molecule has 0 saturated carbocycles. The molecule has 0 aliphatic carbocycles. The second-order valence-electron chi connectivity index (χ2n) is 7.42.